The lowest BCUT2D eigenvalue weighted by molar-refractivity contribution is 0.1000. The topological polar surface area (TPSA) is 75.7 Å². The van der Waals surface area contributed by atoms with Gasteiger partial charge in [-0.1, -0.05) is 25.1 Å². The maximum absolute atomic E-state index is 12.5. The molecule has 0 bridgehead atoms. The van der Waals surface area contributed by atoms with E-state index in [1.54, 1.807) is 7.11 Å². The first-order valence-electron chi connectivity index (χ1n) is 10.6. The molecule has 1 amide bonds. The highest BCUT2D eigenvalue weighted by Crippen LogP contribution is 2.39. The molecule has 0 radical (unpaired) electrons. The molecule has 6 heteroatoms. The van der Waals surface area contributed by atoms with Crippen LogP contribution in [0.15, 0.2) is 42.5 Å². The van der Waals surface area contributed by atoms with Crippen molar-refractivity contribution in [3.63, 3.8) is 0 Å². The lowest BCUT2D eigenvalue weighted by Crippen LogP contribution is -2.15. The number of amides is 1. The first-order chi connectivity index (χ1) is 15.0. The minimum atomic E-state index is -0.416. The van der Waals surface area contributed by atoms with Crippen LogP contribution in [0.1, 0.15) is 34.2 Å². The van der Waals surface area contributed by atoms with Crippen LogP contribution in [0.3, 0.4) is 0 Å². The van der Waals surface area contributed by atoms with Gasteiger partial charge in [0, 0.05) is 23.5 Å². The van der Waals surface area contributed by atoms with Crippen LogP contribution in [0, 0.1) is 6.92 Å². The summed E-state index contributed by atoms with van der Waals surface area (Å²) in [6.07, 6.45) is 1.62. The van der Waals surface area contributed by atoms with Crippen LogP contribution in [0.5, 0.6) is 17.2 Å². The van der Waals surface area contributed by atoms with Crippen molar-refractivity contribution in [2.75, 3.05) is 20.3 Å². The number of ether oxygens (including phenoxy) is 3. The zero-order valence-electron chi connectivity index (χ0n) is 18.2. The van der Waals surface area contributed by atoms with Crippen molar-refractivity contribution in [2.24, 2.45) is 5.73 Å². The van der Waals surface area contributed by atoms with E-state index in [9.17, 15) is 4.79 Å². The quantitative estimate of drug-likeness (QED) is 0.623. The highest BCUT2D eigenvalue weighted by molar-refractivity contribution is 6.02. The van der Waals surface area contributed by atoms with Gasteiger partial charge in [0.15, 0.2) is 11.5 Å². The van der Waals surface area contributed by atoms with Crippen LogP contribution in [0.4, 0.5) is 0 Å². The Labute approximate surface area is 182 Å². The summed E-state index contributed by atoms with van der Waals surface area (Å²) in [5, 5.41) is 0. The van der Waals surface area contributed by atoms with E-state index in [1.165, 1.54) is 5.56 Å². The third kappa shape index (κ3) is 3.98. The molecule has 0 unspecified atom stereocenters. The Balaban J connectivity index is 1.74. The van der Waals surface area contributed by atoms with Crippen LogP contribution in [0.25, 0.3) is 11.1 Å². The largest absolute Gasteiger partial charge is 0.497 e. The fourth-order valence-electron chi connectivity index (χ4n) is 4.31. The van der Waals surface area contributed by atoms with E-state index in [-0.39, 0.29) is 0 Å². The summed E-state index contributed by atoms with van der Waals surface area (Å²) in [5.41, 5.74) is 11.4. The van der Waals surface area contributed by atoms with Gasteiger partial charge in [0.2, 0.25) is 0 Å². The second-order valence-corrected chi connectivity index (χ2v) is 7.61. The van der Waals surface area contributed by atoms with E-state index in [1.807, 2.05) is 37.3 Å². The second-order valence-electron chi connectivity index (χ2n) is 7.61. The highest BCUT2D eigenvalue weighted by atomic mass is 16.6. The Morgan fingerprint density at radius 1 is 1.10 bits per heavy atom. The monoisotopic (exact) mass is 420 g/mol. The van der Waals surface area contributed by atoms with Crippen molar-refractivity contribution < 1.29 is 19.0 Å². The molecule has 2 heterocycles. The Morgan fingerprint density at radius 3 is 2.45 bits per heavy atom. The predicted molar refractivity (Wildman–Crippen MR) is 120 cm³/mol. The molecule has 4 rings (SSSR count). The Kier molecular flexibility index (Phi) is 5.89. The van der Waals surface area contributed by atoms with E-state index < -0.39 is 5.91 Å². The van der Waals surface area contributed by atoms with Gasteiger partial charge < -0.3 is 24.5 Å². The van der Waals surface area contributed by atoms with Crippen molar-refractivity contribution in [2.45, 2.75) is 33.2 Å². The summed E-state index contributed by atoms with van der Waals surface area (Å²) >= 11 is 0. The fraction of sp³-hybridized carbons (Fsp3) is 0.320. The van der Waals surface area contributed by atoms with E-state index in [4.69, 9.17) is 19.9 Å². The van der Waals surface area contributed by atoms with Gasteiger partial charge in [-0.05, 0) is 55.2 Å². The summed E-state index contributed by atoms with van der Waals surface area (Å²) in [7, 11) is 1.66. The Bertz CT molecular complexity index is 1100. The number of fused-ring (bicyclic) bond motifs is 1. The number of aromatic nitrogens is 1. The van der Waals surface area contributed by atoms with Gasteiger partial charge in [0.05, 0.1) is 12.7 Å². The molecule has 0 saturated carbocycles. The first kappa shape index (κ1) is 20.8. The van der Waals surface area contributed by atoms with E-state index in [0.29, 0.717) is 24.5 Å². The van der Waals surface area contributed by atoms with E-state index in [0.717, 1.165) is 53.4 Å². The van der Waals surface area contributed by atoms with Gasteiger partial charge >= 0.3 is 0 Å². The standard InChI is InChI=1S/C25H28N2O4/c1-4-20-24(18-7-10-21-22(15-18)31-14-13-30-21)23(25(26)28)16(2)27(20)12-11-17-5-8-19(29-3)9-6-17/h5-10,15H,4,11-14H2,1-3H3,(H2,26,28). The van der Waals surface area contributed by atoms with Crippen LogP contribution >= 0.6 is 0 Å². The molecule has 2 N–H and O–H groups in total. The summed E-state index contributed by atoms with van der Waals surface area (Å²) in [4.78, 5) is 12.5. The lowest BCUT2D eigenvalue weighted by atomic mass is 9.98. The minimum Gasteiger partial charge on any atom is -0.497 e. The second kappa shape index (κ2) is 8.76. The summed E-state index contributed by atoms with van der Waals surface area (Å²) in [6.45, 7) is 5.88. The number of carbonyl (C=O) groups excluding carboxylic acids is 1. The molecule has 0 spiro atoms. The smallest absolute Gasteiger partial charge is 0.251 e. The molecule has 1 aliphatic rings. The number of nitrogens with two attached hydrogens (primary N) is 1. The van der Waals surface area contributed by atoms with Crippen LogP contribution in [0.2, 0.25) is 0 Å². The SMILES string of the molecule is CCc1c(-c2ccc3c(c2)OCCO3)c(C(N)=O)c(C)n1CCc1ccc(OC)cc1. The normalized spacial score (nSPS) is 12.6. The number of hydrogen-bond acceptors (Lipinski definition) is 4. The number of aryl methyl sites for hydroxylation is 1. The molecule has 0 saturated heterocycles. The number of hydrogen-bond donors (Lipinski definition) is 1. The third-order valence-electron chi connectivity index (χ3n) is 5.83. The Hall–Kier alpha value is -3.41. The maximum atomic E-state index is 12.5. The first-order valence-corrected chi connectivity index (χ1v) is 10.6. The lowest BCUT2D eigenvalue weighted by Gasteiger charge is -2.19. The average molecular weight is 421 g/mol. The molecule has 0 aliphatic carbocycles. The van der Waals surface area contributed by atoms with Gasteiger partial charge in [0.25, 0.3) is 5.91 Å². The molecule has 0 fully saturated rings. The molecular weight excluding hydrogens is 392 g/mol. The summed E-state index contributed by atoms with van der Waals surface area (Å²) < 4.78 is 18.9. The number of nitrogens with zero attached hydrogens (tertiary/aromatic N) is 1. The van der Waals surface area contributed by atoms with Crippen LogP contribution in [-0.2, 0) is 19.4 Å². The molecule has 1 aromatic heterocycles. The van der Waals surface area contributed by atoms with Gasteiger partial charge in [0.1, 0.15) is 19.0 Å². The zero-order valence-corrected chi connectivity index (χ0v) is 18.2. The van der Waals surface area contributed by atoms with E-state index >= 15 is 0 Å². The molecule has 162 valence electrons. The average Bonchev–Trinajstić information content (AvgIpc) is 3.09. The third-order valence-corrected chi connectivity index (χ3v) is 5.83. The minimum absolute atomic E-state index is 0.416. The van der Waals surface area contributed by atoms with Crippen molar-refractivity contribution in [1.82, 2.24) is 4.57 Å². The molecule has 2 aromatic carbocycles. The van der Waals surface area contributed by atoms with Crippen LogP contribution < -0.4 is 19.9 Å². The Morgan fingerprint density at radius 2 is 1.81 bits per heavy atom. The highest BCUT2D eigenvalue weighted by Gasteiger charge is 2.25. The molecule has 3 aromatic rings. The van der Waals surface area contributed by atoms with Gasteiger partial charge in [-0.25, -0.2) is 0 Å². The molecule has 1 aliphatic heterocycles. The number of rotatable bonds is 7. The molecule has 0 atom stereocenters. The van der Waals surface area contributed by atoms with Crippen molar-refractivity contribution >= 4 is 5.91 Å². The predicted octanol–water partition coefficient (Wildman–Crippen LogP) is 4.15. The van der Waals surface area contributed by atoms with Gasteiger partial charge in [-0.15, -0.1) is 0 Å². The molecule has 31 heavy (non-hydrogen) atoms. The summed E-state index contributed by atoms with van der Waals surface area (Å²) in [6, 6.07) is 13.9. The maximum Gasteiger partial charge on any atom is 0.251 e. The molecule has 6 nitrogen and oxygen atoms in total. The van der Waals surface area contributed by atoms with Crippen molar-refractivity contribution in [3.05, 3.63) is 65.0 Å². The van der Waals surface area contributed by atoms with E-state index in [2.05, 4.69) is 23.6 Å². The number of benzene rings is 2. The fourth-order valence-corrected chi connectivity index (χ4v) is 4.31. The van der Waals surface area contributed by atoms with Crippen LogP contribution in [-0.4, -0.2) is 30.8 Å². The zero-order chi connectivity index (χ0) is 22.0. The van der Waals surface area contributed by atoms with Crippen molar-refractivity contribution in [1.29, 1.82) is 0 Å². The van der Waals surface area contributed by atoms with Gasteiger partial charge in [-0.2, -0.15) is 0 Å². The summed E-state index contributed by atoms with van der Waals surface area (Å²) in [5.74, 6) is 1.85. The molecular formula is C25H28N2O4. The number of methoxy groups -OCH3 is 1. The number of carbonyl (C=O) groups is 1. The van der Waals surface area contributed by atoms with Crippen molar-refractivity contribution in [3.8, 4) is 28.4 Å². The number of primary amides is 1. The van der Waals surface area contributed by atoms with Gasteiger partial charge in [-0.3, -0.25) is 4.79 Å².